The molecule has 0 amide bonds. The van der Waals surface area contributed by atoms with Gasteiger partial charge in [0, 0.05) is 24.2 Å². The molecule has 1 unspecified atom stereocenters. The van der Waals surface area contributed by atoms with E-state index in [-0.39, 0.29) is 17.2 Å². The molecule has 170 valence electrons. The van der Waals surface area contributed by atoms with E-state index in [0.29, 0.717) is 17.8 Å². The summed E-state index contributed by atoms with van der Waals surface area (Å²) in [6.45, 7) is 6.30. The molecule has 3 rings (SSSR count). The van der Waals surface area contributed by atoms with Crippen molar-refractivity contribution < 1.29 is 22.4 Å². The second kappa shape index (κ2) is 9.10. The third-order valence-electron chi connectivity index (χ3n) is 5.25. The summed E-state index contributed by atoms with van der Waals surface area (Å²) in [5.41, 5.74) is 0.0260. The van der Waals surface area contributed by atoms with Crippen molar-refractivity contribution in [3.8, 4) is 11.3 Å². The van der Waals surface area contributed by atoms with Crippen molar-refractivity contribution in [1.29, 1.82) is 0 Å². The van der Waals surface area contributed by atoms with E-state index in [0.717, 1.165) is 18.4 Å². The standard InChI is InChI=1S/C23H24F4N4O/c1-22(2,3)17(19(14-32)28-21-6-4-5-20(24)29-21)13-31-12-11-18(30-31)15-7-9-16(10-8-15)23(25,26)27/h4-12,14,17,19H,13H2,1-3H3,(H,28,29)/t17-,19?/m0/s1. The molecule has 1 aromatic carbocycles. The van der Waals surface area contributed by atoms with E-state index < -0.39 is 23.7 Å². The lowest BCUT2D eigenvalue weighted by molar-refractivity contribution is -0.137. The molecule has 9 heteroatoms. The summed E-state index contributed by atoms with van der Waals surface area (Å²) in [4.78, 5) is 15.7. The Hall–Kier alpha value is -3.23. The summed E-state index contributed by atoms with van der Waals surface area (Å²) in [5.74, 6) is -0.645. The minimum Gasteiger partial charge on any atom is -0.360 e. The highest BCUT2D eigenvalue weighted by Gasteiger charge is 2.33. The second-order valence-electron chi connectivity index (χ2n) is 8.62. The van der Waals surface area contributed by atoms with Gasteiger partial charge in [-0.1, -0.05) is 39.0 Å². The van der Waals surface area contributed by atoms with Gasteiger partial charge in [0.2, 0.25) is 5.95 Å². The predicted octanol–water partition coefficient (Wildman–Crippen LogP) is 5.44. The number of aromatic nitrogens is 3. The van der Waals surface area contributed by atoms with Crippen molar-refractivity contribution in [2.75, 3.05) is 5.32 Å². The smallest absolute Gasteiger partial charge is 0.360 e. The molecule has 0 aliphatic carbocycles. The summed E-state index contributed by atoms with van der Waals surface area (Å²) in [7, 11) is 0. The molecule has 1 N–H and O–H groups in total. The Morgan fingerprint density at radius 3 is 2.31 bits per heavy atom. The van der Waals surface area contributed by atoms with Crippen LogP contribution in [0.4, 0.5) is 23.4 Å². The number of rotatable bonds is 7. The summed E-state index contributed by atoms with van der Waals surface area (Å²) < 4.78 is 53.5. The molecule has 0 radical (unpaired) electrons. The number of pyridine rings is 1. The molecular weight excluding hydrogens is 424 g/mol. The Kier molecular flexibility index (Phi) is 6.66. The van der Waals surface area contributed by atoms with Crippen LogP contribution in [0.2, 0.25) is 0 Å². The Balaban J connectivity index is 1.80. The normalized spacial score (nSPS) is 14.1. The van der Waals surface area contributed by atoms with Gasteiger partial charge in [-0.2, -0.15) is 22.7 Å². The van der Waals surface area contributed by atoms with Gasteiger partial charge in [-0.15, -0.1) is 0 Å². The van der Waals surface area contributed by atoms with Crippen molar-refractivity contribution in [3.63, 3.8) is 0 Å². The van der Waals surface area contributed by atoms with Crippen LogP contribution in [0.1, 0.15) is 26.3 Å². The number of hydrogen-bond acceptors (Lipinski definition) is 4. The van der Waals surface area contributed by atoms with Crippen LogP contribution in [0.5, 0.6) is 0 Å². The van der Waals surface area contributed by atoms with Gasteiger partial charge in [-0.05, 0) is 35.7 Å². The first kappa shape index (κ1) is 23.4. The number of carbonyl (C=O) groups excluding carboxylic acids is 1. The van der Waals surface area contributed by atoms with Crippen molar-refractivity contribution >= 4 is 12.1 Å². The van der Waals surface area contributed by atoms with Gasteiger partial charge in [0.1, 0.15) is 12.1 Å². The highest BCUT2D eigenvalue weighted by molar-refractivity contribution is 5.64. The van der Waals surface area contributed by atoms with Crippen LogP contribution < -0.4 is 5.32 Å². The van der Waals surface area contributed by atoms with Gasteiger partial charge in [-0.3, -0.25) is 4.68 Å². The molecule has 0 aliphatic heterocycles. The maximum atomic E-state index is 13.4. The fourth-order valence-electron chi connectivity index (χ4n) is 3.46. The van der Waals surface area contributed by atoms with E-state index >= 15 is 0 Å². The maximum absolute atomic E-state index is 13.4. The minimum atomic E-state index is -4.40. The Labute approximate surface area is 183 Å². The first-order valence-electron chi connectivity index (χ1n) is 10.0. The van der Waals surface area contributed by atoms with Crippen molar-refractivity contribution in [2.45, 2.75) is 39.5 Å². The van der Waals surface area contributed by atoms with E-state index in [4.69, 9.17) is 0 Å². The zero-order valence-corrected chi connectivity index (χ0v) is 17.9. The molecular formula is C23H24F4N4O. The number of nitrogens with one attached hydrogen (secondary N) is 1. The van der Waals surface area contributed by atoms with Crippen LogP contribution in [-0.4, -0.2) is 27.1 Å². The number of halogens is 4. The maximum Gasteiger partial charge on any atom is 0.416 e. The largest absolute Gasteiger partial charge is 0.416 e. The summed E-state index contributed by atoms with van der Waals surface area (Å²) in [6, 6.07) is 10.1. The SMILES string of the molecule is CC(C)(C)[C@@H](Cn1ccc(-c2ccc(C(F)(F)F)cc2)n1)C(C=O)Nc1cccc(F)n1. The Bertz CT molecular complexity index is 1050. The highest BCUT2D eigenvalue weighted by Crippen LogP contribution is 2.32. The van der Waals surface area contributed by atoms with Gasteiger partial charge >= 0.3 is 6.18 Å². The first-order valence-corrected chi connectivity index (χ1v) is 10.0. The molecule has 5 nitrogen and oxygen atoms in total. The second-order valence-corrected chi connectivity index (χ2v) is 8.62. The van der Waals surface area contributed by atoms with Crippen LogP contribution in [0.15, 0.2) is 54.7 Å². The minimum absolute atomic E-state index is 0.245. The predicted molar refractivity (Wildman–Crippen MR) is 113 cm³/mol. The number of carbonyl (C=O) groups is 1. The molecule has 2 atom stereocenters. The van der Waals surface area contributed by atoms with Gasteiger partial charge in [-0.25, -0.2) is 4.98 Å². The monoisotopic (exact) mass is 448 g/mol. The average molecular weight is 448 g/mol. The molecule has 2 heterocycles. The lowest BCUT2D eigenvalue weighted by Gasteiger charge is -2.35. The zero-order chi connectivity index (χ0) is 23.5. The lowest BCUT2D eigenvalue weighted by atomic mass is 9.76. The van der Waals surface area contributed by atoms with E-state index in [1.165, 1.54) is 24.3 Å². The zero-order valence-electron chi connectivity index (χ0n) is 17.9. The van der Waals surface area contributed by atoms with Gasteiger partial charge in [0.15, 0.2) is 0 Å². The highest BCUT2D eigenvalue weighted by atomic mass is 19.4. The fourth-order valence-corrected chi connectivity index (χ4v) is 3.46. The molecule has 0 bridgehead atoms. The summed E-state index contributed by atoms with van der Waals surface area (Å²) >= 11 is 0. The number of hydrogen-bond donors (Lipinski definition) is 1. The van der Waals surface area contributed by atoms with Gasteiger partial charge in [0.05, 0.1) is 17.3 Å². The van der Waals surface area contributed by atoms with Crippen molar-refractivity contribution in [1.82, 2.24) is 14.8 Å². The molecule has 32 heavy (non-hydrogen) atoms. The third kappa shape index (κ3) is 5.72. The van der Waals surface area contributed by atoms with Crippen LogP contribution in [0.3, 0.4) is 0 Å². The number of benzene rings is 1. The van der Waals surface area contributed by atoms with E-state index in [9.17, 15) is 22.4 Å². The lowest BCUT2D eigenvalue weighted by Crippen LogP contribution is -2.41. The van der Waals surface area contributed by atoms with E-state index in [1.54, 1.807) is 23.0 Å². The summed E-state index contributed by atoms with van der Waals surface area (Å²) in [6.07, 6.45) is -1.91. The molecule has 0 fully saturated rings. The molecule has 0 spiro atoms. The number of anilines is 1. The van der Waals surface area contributed by atoms with Crippen LogP contribution >= 0.6 is 0 Å². The number of alkyl halides is 3. The van der Waals surface area contributed by atoms with Gasteiger partial charge < -0.3 is 10.1 Å². The molecule has 0 aliphatic rings. The van der Waals surface area contributed by atoms with E-state index in [2.05, 4.69) is 15.4 Å². The van der Waals surface area contributed by atoms with Crippen molar-refractivity contribution in [3.05, 3.63) is 66.2 Å². The van der Waals surface area contributed by atoms with Crippen molar-refractivity contribution in [2.24, 2.45) is 11.3 Å². The van der Waals surface area contributed by atoms with Crippen LogP contribution in [0, 0.1) is 17.3 Å². The summed E-state index contributed by atoms with van der Waals surface area (Å²) in [5, 5.41) is 7.47. The van der Waals surface area contributed by atoms with Gasteiger partial charge in [0.25, 0.3) is 0 Å². The quantitative estimate of drug-likeness (QED) is 0.297. The Morgan fingerprint density at radius 1 is 1.06 bits per heavy atom. The molecule has 0 saturated carbocycles. The number of aldehydes is 1. The first-order chi connectivity index (χ1) is 15.0. The topological polar surface area (TPSA) is 59.8 Å². The van der Waals surface area contributed by atoms with Crippen LogP contribution in [0.25, 0.3) is 11.3 Å². The molecule has 3 aromatic rings. The fraction of sp³-hybridized carbons (Fsp3) is 0.348. The molecule has 2 aromatic heterocycles. The third-order valence-corrected chi connectivity index (χ3v) is 5.25. The Morgan fingerprint density at radius 2 is 1.75 bits per heavy atom. The number of nitrogens with zero attached hydrogens (tertiary/aromatic N) is 3. The average Bonchev–Trinajstić information content (AvgIpc) is 3.18. The molecule has 0 saturated heterocycles. The van der Waals surface area contributed by atoms with Crippen LogP contribution in [-0.2, 0) is 17.5 Å². The van der Waals surface area contributed by atoms with E-state index in [1.807, 2.05) is 20.8 Å².